The number of hydrogen-bond acceptors (Lipinski definition) is 12. The molecule has 5 heterocycles. The van der Waals surface area contributed by atoms with Crippen molar-refractivity contribution in [1.29, 1.82) is 0 Å². The van der Waals surface area contributed by atoms with Crippen molar-refractivity contribution >= 4 is 57.3 Å². The molecule has 61 heavy (non-hydrogen) atoms. The summed E-state index contributed by atoms with van der Waals surface area (Å²) in [5.74, 6) is -0.936. The molecule has 3 aliphatic heterocycles. The number of allylic oxidation sites excluding steroid dienone is 2. The maximum absolute atomic E-state index is 14.8. The first-order valence-electron chi connectivity index (χ1n) is 21.5. The first kappa shape index (κ1) is 44.4. The van der Waals surface area contributed by atoms with Gasteiger partial charge in [-0.25, -0.2) is 15.4 Å². The second-order valence-corrected chi connectivity index (χ2v) is 18.1. The average molecular weight is 853 g/mol. The molecule has 2 N–H and O–H groups in total. The Balaban J connectivity index is 1.35. The number of aryl methyl sites for hydroxylation is 1. The van der Waals surface area contributed by atoms with Crippen molar-refractivity contribution in [2.24, 2.45) is 27.2 Å². The average Bonchev–Trinajstić information content (AvgIpc) is 3.55. The van der Waals surface area contributed by atoms with Gasteiger partial charge in [-0.3, -0.25) is 29.4 Å². The Kier molecular flexibility index (Phi) is 13.6. The van der Waals surface area contributed by atoms with E-state index in [9.17, 15) is 14.4 Å². The summed E-state index contributed by atoms with van der Waals surface area (Å²) in [6.45, 7) is 19.8. The van der Waals surface area contributed by atoms with Crippen molar-refractivity contribution in [1.82, 2.24) is 30.3 Å². The van der Waals surface area contributed by atoms with Gasteiger partial charge in [0.25, 0.3) is 5.91 Å². The predicted octanol–water partition coefficient (Wildman–Crippen LogP) is 6.22. The molecule has 6 bridgehead atoms. The summed E-state index contributed by atoms with van der Waals surface area (Å²) in [6.07, 6.45) is 7.25. The number of carbonyl (C=O) groups is 3. The molecule has 15 heteroatoms. The number of thioether (sulfide) groups is 1. The van der Waals surface area contributed by atoms with Gasteiger partial charge in [0.1, 0.15) is 29.6 Å². The topological polar surface area (TPSA) is 162 Å². The summed E-state index contributed by atoms with van der Waals surface area (Å²) >= 11 is 1.54. The number of hydrazine groups is 1. The van der Waals surface area contributed by atoms with Gasteiger partial charge in [0.15, 0.2) is 0 Å². The lowest BCUT2D eigenvalue weighted by Crippen LogP contribution is -2.63. The lowest BCUT2D eigenvalue weighted by Gasteiger charge is -2.37. The van der Waals surface area contributed by atoms with Crippen molar-refractivity contribution in [2.75, 3.05) is 32.6 Å². The molecule has 2 aromatic heterocycles. The highest BCUT2D eigenvalue weighted by atomic mass is 32.2. The minimum atomic E-state index is -1.12. The van der Waals surface area contributed by atoms with E-state index in [1.54, 1.807) is 31.3 Å². The van der Waals surface area contributed by atoms with Gasteiger partial charge in [-0.15, -0.1) is 11.8 Å². The summed E-state index contributed by atoms with van der Waals surface area (Å²) in [5, 5.41) is 6.28. The molecule has 1 aromatic carbocycles. The van der Waals surface area contributed by atoms with Crippen LogP contribution >= 0.6 is 11.8 Å². The van der Waals surface area contributed by atoms with Crippen LogP contribution in [0.4, 0.5) is 0 Å². The zero-order valence-corrected chi connectivity index (χ0v) is 37.5. The van der Waals surface area contributed by atoms with Crippen LogP contribution in [0.1, 0.15) is 95.8 Å². The molecule has 0 spiro atoms. The van der Waals surface area contributed by atoms with Crippen molar-refractivity contribution in [2.45, 2.75) is 111 Å². The summed E-state index contributed by atoms with van der Waals surface area (Å²) in [5.41, 5.74) is 9.27. The molecule has 7 rings (SSSR count). The van der Waals surface area contributed by atoms with E-state index in [1.165, 1.54) is 11.3 Å². The van der Waals surface area contributed by atoms with E-state index in [1.807, 2.05) is 39.8 Å². The van der Waals surface area contributed by atoms with Crippen LogP contribution < -0.4 is 10.7 Å². The number of nitrogens with zero attached hydrogens (tertiary/aromatic N) is 6. The van der Waals surface area contributed by atoms with Gasteiger partial charge in [0, 0.05) is 84.4 Å². The van der Waals surface area contributed by atoms with Crippen LogP contribution in [0.2, 0.25) is 0 Å². The number of amides is 2. The van der Waals surface area contributed by atoms with Crippen LogP contribution in [0.3, 0.4) is 0 Å². The smallest absolute Gasteiger partial charge is 0.324 e. The maximum atomic E-state index is 14.8. The highest BCUT2D eigenvalue weighted by Crippen LogP contribution is 2.53. The second kappa shape index (κ2) is 18.7. The first-order chi connectivity index (χ1) is 29.4. The number of benzene rings is 1. The van der Waals surface area contributed by atoms with E-state index >= 15 is 0 Å². The Labute approximate surface area is 363 Å². The van der Waals surface area contributed by atoms with Crippen LogP contribution in [0, 0.1) is 17.3 Å². The van der Waals surface area contributed by atoms with Gasteiger partial charge >= 0.3 is 5.97 Å². The van der Waals surface area contributed by atoms with Crippen LogP contribution in [0.25, 0.3) is 16.5 Å². The quantitative estimate of drug-likeness (QED) is 0.129. The summed E-state index contributed by atoms with van der Waals surface area (Å²) in [4.78, 5) is 61.4. The molecule has 1 unspecified atom stereocenters. The number of carbonyl (C=O) groups excluding carboxylic acids is 3. The number of esters is 1. The van der Waals surface area contributed by atoms with E-state index in [2.05, 4.69) is 70.8 Å². The molecule has 3 aromatic rings. The minimum absolute atomic E-state index is 0.0177. The van der Waals surface area contributed by atoms with E-state index in [0.717, 1.165) is 44.7 Å². The number of methoxy groups -OCH3 is 1. The third-order valence-corrected chi connectivity index (χ3v) is 13.5. The number of aliphatic imine (C=N–C) groups is 2. The van der Waals surface area contributed by atoms with Crippen molar-refractivity contribution in [3.63, 3.8) is 0 Å². The predicted molar refractivity (Wildman–Crippen MR) is 239 cm³/mol. The monoisotopic (exact) mass is 852 g/mol. The zero-order valence-electron chi connectivity index (χ0n) is 36.6. The number of hydrogen-bond donors (Lipinski definition) is 2. The van der Waals surface area contributed by atoms with Gasteiger partial charge in [-0.2, -0.15) is 0 Å². The third-order valence-electron chi connectivity index (χ3n) is 12.4. The van der Waals surface area contributed by atoms with Crippen LogP contribution in [0.5, 0.6) is 0 Å². The molecule has 1 saturated heterocycles. The fourth-order valence-electron chi connectivity index (χ4n) is 9.15. The Morgan fingerprint density at radius 2 is 2.05 bits per heavy atom. The summed E-state index contributed by atoms with van der Waals surface area (Å²) in [6, 6.07) is 6.23. The van der Waals surface area contributed by atoms with Gasteiger partial charge in [-0.05, 0) is 82.2 Å². The van der Waals surface area contributed by atoms with Gasteiger partial charge in [-0.1, -0.05) is 39.5 Å². The SMILES string of the molecule is C=C/C(=C(\N=CC)[C@H](C)OC)c1c2c3cc(ccc3n1CC)C1CSC(=N1)[C@@H](OCC)[C@H](NC(=O)[C@H]1[C@H](C)[C@@H]1c1ccncn1)C(=O)N1CCC[C@H](N1)C(=O)OCC(C)(C)C2. The molecule has 326 valence electrons. The summed E-state index contributed by atoms with van der Waals surface area (Å²) < 4.78 is 20.7. The molecule has 4 aliphatic rings. The lowest BCUT2D eigenvalue weighted by molar-refractivity contribution is -0.156. The van der Waals surface area contributed by atoms with Crippen LogP contribution in [-0.4, -0.2) is 105 Å². The van der Waals surface area contributed by atoms with E-state index in [0.29, 0.717) is 43.1 Å². The fraction of sp³-hybridized carbons (Fsp3) is 0.543. The Morgan fingerprint density at radius 1 is 1.25 bits per heavy atom. The fourth-order valence-corrected chi connectivity index (χ4v) is 10.3. The number of fused-ring (bicyclic) bond motifs is 5. The molecular weight excluding hydrogens is 793 g/mol. The van der Waals surface area contributed by atoms with Crippen LogP contribution in [-0.2, 0) is 41.6 Å². The van der Waals surface area contributed by atoms with Crippen molar-refractivity contribution in [3.05, 3.63) is 77.7 Å². The first-order valence-corrected chi connectivity index (χ1v) is 22.5. The standard InChI is InChI=1S/C46H60N8O6S/c1-10-29(38(48-11-2)27(6)58-9)40-31-22-46(7,8)24-60-45(57)33-15-14-20-54(52-33)44(56)39(51-42(55)37-26(5)36(37)32-18-19-47-25-49-32)41(59-13-4)43-50-34(23-61-43)28-16-17-35(30(31)21-28)53(40)12-3/h10-11,16-19,21,25-27,33-34,36-37,39,41,52H,1,12-15,20,22-24H2,2-9H3,(H,51,55)/b38-29+,48-11?/t26-,27+,33+,34?,36-,37+,39+,41+/m1/s1. The highest BCUT2D eigenvalue weighted by molar-refractivity contribution is 8.14. The minimum Gasteiger partial charge on any atom is -0.464 e. The number of rotatable bonds is 11. The zero-order chi connectivity index (χ0) is 43.6. The number of cyclic esters (lactones) is 1. The van der Waals surface area contributed by atoms with Crippen molar-refractivity contribution < 1.29 is 28.6 Å². The lowest BCUT2D eigenvalue weighted by atomic mass is 9.84. The summed E-state index contributed by atoms with van der Waals surface area (Å²) in [7, 11) is 1.68. The largest absolute Gasteiger partial charge is 0.464 e. The number of aromatic nitrogens is 3. The normalized spacial score (nSPS) is 27.6. The number of nitrogens with one attached hydrogen (secondary N) is 2. The molecule has 1 aliphatic carbocycles. The van der Waals surface area contributed by atoms with Crippen LogP contribution in [0.15, 0.2) is 65.1 Å². The molecule has 2 amide bonds. The van der Waals surface area contributed by atoms with Gasteiger partial charge in [0.05, 0.1) is 30.1 Å². The third kappa shape index (κ3) is 8.98. The molecule has 14 nitrogen and oxygen atoms in total. The molecule has 0 radical (unpaired) electrons. The van der Waals surface area contributed by atoms with Gasteiger partial charge < -0.3 is 24.1 Å². The highest BCUT2D eigenvalue weighted by Gasteiger charge is 2.54. The molecule has 1 saturated carbocycles. The number of ether oxygens (including phenoxy) is 3. The van der Waals surface area contributed by atoms with Gasteiger partial charge in [0.2, 0.25) is 5.91 Å². The van der Waals surface area contributed by atoms with Crippen molar-refractivity contribution in [3.8, 4) is 0 Å². The van der Waals surface area contributed by atoms with E-state index < -0.39 is 35.5 Å². The Bertz CT molecular complexity index is 2240. The Morgan fingerprint density at radius 3 is 2.74 bits per heavy atom. The molecule has 2 fully saturated rings. The molecular formula is C46H60N8O6S. The molecule has 8 atom stereocenters. The Hall–Kier alpha value is -4.70. The van der Waals surface area contributed by atoms with E-state index in [-0.39, 0.29) is 49.0 Å². The maximum Gasteiger partial charge on any atom is 0.324 e. The van der Waals surface area contributed by atoms with E-state index in [4.69, 9.17) is 24.2 Å². The second-order valence-electron chi connectivity index (χ2n) is 17.1.